The molecule has 2 nitrogen and oxygen atoms in total. The van der Waals surface area contributed by atoms with E-state index in [-0.39, 0.29) is 0 Å². The van der Waals surface area contributed by atoms with Crippen LogP contribution in [0.5, 0.6) is 0 Å². The van der Waals surface area contributed by atoms with Crippen LogP contribution in [0.3, 0.4) is 0 Å². The van der Waals surface area contributed by atoms with Crippen molar-refractivity contribution < 1.29 is 4.42 Å². The van der Waals surface area contributed by atoms with Gasteiger partial charge in [-0.3, -0.25) is 0 Å². The van der Waals surface area contributed by atoms with Gasteiger partial charge in [0.2, 0.25) is 0 Å². The first-order valence-electron chi connectivity index (χ1n) is 23.8. The van der Waals surface area contributed by atoms with Crippen LogP contribution in [0.25, 0.3) is 87.6 Å². The summed E-state index contributed by atoms with van der Waals surface area (Å²) in [5.74, 6) is 0. The number of hydrogen-bond acceptors (Lipinski definition) is 2. The number of nitrogens with zero attached hydrogens (tertiary/aromatic N) is 1. The number of rotatable bonds is 7. The van der Waals surface area contributed by atoms with E-state index in [1.807, 2.05) is 0 Å². The first kappa shape index (κ1) is 39.2. The van der Waals surface area contributed by atoms with Gasteiger partial charge in [0, 0.05) is 33.1 Å². The molecule has 1 aliphatic carbocycles. The van der Waals surface area contributed by atoms with Crippen LogP contribution in [-0.4, -0.2) is 0 Å². The zero-order chi connectivity index (χ0) is 45.5. The second kappa shape index (κ2) is 15.6. The van der Waals surface area contributed by atoms with Gasteiger partial charge in [0.25, 0.3) is 0 Å². The van der Waals surface area contributed by atoms with Crippen LogP contribution in [0.15, 0.2) is 265 Å². The second-order valence-electron chi connectivity index (χ2n) is 18.3. The predicted molar refractivity (Wildman–Crippen MR) is 289 cm³/mol. The van der Waals surface area contributed by atoms with Crippen LogP contribution in [0.1, 0.15) is 22.3 Å². The van der Waals surface area contributed by atoms with Crippen molar-refractivity contribution in [3.63, 3.8) is 0 Å². The van der Waals surface area contributed by atoms with Crippen LogP contribution >= 0.6 is 0 Å². The van der Waals surface area contributed by atoms with Gasteiger partial charge in [0.05, 0.1) is 11.1 Å². The molecule has 0 atom stereocenters. The van der Waals surface area contributed by atoms with Gasteiger partial charge in [-0.2, -0.15) is 0 Å². The van der Waals surface area contributed by atoms with Gasteiger partial charge in [-0.15, -0.1) is 0 Å². The van der Waals surface area contributed by atoms with Crippen molar-refractivity contribution in [2.45, 2.75) is 5.41 Å². The highest BCUT2D eigenvalue weighted by Crippen LogP contribution is 2.58. The molecular weight excluding hydrogens is 835 g/mol. The van der Waals surface area contributed by atoms with E-state index in [0.717, 1.165) is 44.6 Å². The van der Waals surface area contributed by atoms with E-state index in [2.05, 4.69) is 266 Å². The maximum atomic E-state index is 6.48. The molecule has 0 saturated carbocycles. The van der Waals surface area contributed by atoms with Gasteiger partial charge in [0.15, 0.2) is 0 Å². The lowest BCUT2D eigenvalue weighted by Crippen LogP contribution is -2.28. The Morgan fingerprint density at radius 1 is 0.290 bits per heavy atom. The summed E-state index contributed by atoms with van der Waals surface area (Å²) >= 11 is 0. The zero-order valence-corrected chi connectivity index (χ0v) is 37.7. The maximum absolute atomic E-state index is 6.48. The number of furan rings is 1. The minimum Gasteiger partial charge on any atom is -0.456 e. The van der Waals surface area contributed by atoms with Gasteiger partial charge in [-0.05, 0) is 126 Å². The van der Waals surface area contributed by atoms with Crippen LogP contribution in [0.4, 0.5) is 17.1 Å². The maximum Gasteiger partial charge on any atom is 0.136 e. The SMILES string of the molecule is c1ccc(-c2ccc(N(c3ccc4c(c3)C(c3ccccc3)(c3ccccc3)c3ccccc3-4)c3ccccc3-c3cccc4c5ccc6oc7ccccc7c6c5c5ccccc5c34)cc2)cc1. The largest absolute Gasteiger partial charge is 0.456 e. The Labute approximate surface area is 400 Å². The van der Waals surface area contributed by atoms with Gasteiger partial charge in [-0.1, -0.05) is 212 Å². The summed E-state index contributed by atoms with van der Waals surface area (Å²) in [6, 6.07) is 95.7. The average Bonchev–Trinajstić information content (AvgIpc) is 3.96. The van der Waals surface area contributed by atoms with Gasteiger partial charge < -0.3 is 9.32 Å². The van der Waals surface area contributed by atoms with Crippen LogP contribution in [0.2, 0.25) is 0 Å². The predicted octanol–water partition coefficient (Wildman–Crippen LogP) is 18.2. The summed E-state index contributed by atoms with van der Waals surface area (Å²) in [6.07, 6.45) is 0. The van der Waals surface area contributed by atoms with Crippen molar-refractivity contribution in [1.29, 1.82) is 0 Å². The molecular formula is C67H43NO. The monoisotopic (exact) mass is 877 g/mol. The lowest BCUT2D eigenvalue weighted by Gasteiger charge is -2.35. The highest BCUT2D eigenvalue weighted by Gasteiger charge is 2.46. The first-order valence-corrected chi connectivity index (χ1v) is 23.8. The summed E-state index contributed by atoms with van der Waals surface area (Å²) in [5, 5.41) is 9.62. The van der Waals surface area contributed by atoms with E-state index in [4.69, 9.17) is 4.42 Å². The standard InChI is InChI=1S/C67H43NO/c1-4-19-44(20-5-1)45-35-37-48(38-36-45)68(49-39-40-51-50-25-12-15-32-59(50)67(60(51)43-49,46-21-6-2-7-22-46)47-23-8-3-9-24-47)61-33-16-13-26-52(61)53-30-18-31-55-57-41-42-63-66(58-29-14-17-34-62(58)69-63)65(57)56-28-11-10-27-54(56)64(53)55/h1-43H. The smallest absolute Gasteiger partial charge is 0.136 e. The Balaban J connectivity index is 1.04. The van der Waals surface area contributed by atoms with E-state index in [9.17, 15) is 0 Å². The molecule has 0 unspecified atom stereocenters. The fraction of sp³-hybridized carbons (Fsp3) is 0.0149. The molecule has 322 valence electrons. The third-order valence-electron chi connectivity index (χ3n) is 14.7. The quantitative estimate of drug-likeness (QED) is 0.148. The highest BCUT2D eigenvalue weighted by atomic mass is 16.3. The van der Waals surface area contributed by atoms with E-state index < -0.39 is 5.41 Å². The molecule has 0 bridgehead atoms. The lowest BCUT2D eigenvalue weighted by molar-refractivity contribution is 0.669. The highest BCUT2D eigenvalue weighted by molar-refractivity contribution is 6.36. The van der Waals surface area contributed by atoms with Gasteiger partial charge in [-0.25, -0.2) is 0 Å². The summed E-state index contributed by atoms with van der Waals surface area (Å²) in [4.78, 5) is 2.48. The van der Waals surface area contributed by atoms with E-state index in [0.29, 0.717) is 0 Å². The molecule has 14 rings (SSSR count). The second-order valence-corrected chi connectivity index (χ2v) is 18.3. The zero-order valence-electron chi connectivity index (χ0n) is 37.7. The molecule has 1 heterocycles. The number of benzene rings is 12. The lowest BCUT2D eigenvalue weighted by atomic mass is 9.67. The van der Waals surface area contributed by atoms with Gasteiger partial charge in [0.1, 0.15) is 11.2 Å². The molecule has 1 aromatic heterocycles. The molecule has 69 heavy (non-hydrogen) atoms. The summed E-state index contributed by atoms with van der Waals surface area (Å²) < 4.78 is 6.48. The number of hydrogen-bond donors (Lipinski definition) is 0. The molecule has 13 aromatic rings. The summed E-state index contributed by atoms with van der Waals surface area (Å²) in [7, 11) is 0. The van der Waals surface area contributed by atoms with Gasteiger partial charge >= 0.3 is 0 Å². The normalized spacial score (nSPS) is 12.8. The Morgan fingerprint density at radius 3 is 1.55 bits per heavy atom. The third kappa shape index (κ3) is 5.86. The molecule has 0 N–H and O–H groups in total. The fourth-order valence-corrected chi connectivity index (χ4v) is 11.9. The minimum absolute atomic E-state index is 0.547. The Hall–Kier alpha value is -8.98. The Morgan fingerprint density at radius 2 is 0.812 bits per heavy atom. The van der Waals surface area contributed by atoms with Crippen LogP contribution < -0.4 is 4.90 Å². The molecule has 0 amide bonds. The topological polar surface area (TPSA) is 16.4 Å². The van der Waals surface area contributed by atoms with Crippen molar-refractivity contribution in [3.8, 4) is 33.4 Å². The van der Waals surface area contributed by atoms with E-state index in [1.165, 1.54) is 82.4 Å². The molecule has 0 spiro atoms. The Bertz CT molecular complexity index is 4050. The average molecular weight is 878 g/mol. The van der Waals surface area contributed by atoms with Crippen molar-refractivity contribution >= 4 is 71.3 Å². The van der Waals surface area contributed by atoms with E-state index in [1.54, 1.807) is 0 Å². The van der Waals surface area contributed by atoms with Crippen molar-refractivity contribution in [1.82, 2.24) is 0 Å². The van der Waals surface area contributed by atoms with Crippen LogP contribution in [0, 0.1) is 0 Å². The fourth-order valence-electron chi connectivity index (χ4n) is 11.9. The summed E-state index contributed by atoms with van der Waals surface area (Å²) in [6.45, 7) is 0. The third-order valence-corrected chi connectivity index (χ3v) is 14.7. The molecule has 12 aromatic carbocycles. The molecule has 0 radical (unpaired) electrons. The van der Waals surface area contributed by atoms with Crippen molar-refractivity contribution in [2.24, 2.45) is 0 Å². The minimum atomic E-state index is -0.547. The number of para-hydroxylation sites is 2. The number of fused-ring (bicyclic) bond motifs is 13. The van der Waals surface area contributed by atoms with E-state index >= 15 is 0 Å². The molecule has 2 heteroatoms. The van der Waals surface area contributed by atoms with Crippen LogP contribution in [-0.2, 0) is 5.41 Å². The molecule has 0 saturated heterocycles. The van der Waals surface area contributed by atoms with Crippen molar-refractivity contribution in [3.05, 3.63) is 283 Å². The Kier molecular flexibility index (Phi) is 8.84. The molecule has 0 fully saturated rings. The summed E-state index contributed by atoms with van der Waals surface area (Å²) in [5.41, 5.74) is 16.8. The molecule has 0 aliphatic heterocycles. The molecule has 1 aliphatic rings. The number of anilines is 3. The van der Waals surface area contributed by atoms with Crippen molar-refractivity contribution in [2.75, 3.05) is 4.90 Å². The first-order chi connectivity index (χ1) is 34.3.